The van der Waals surface area contributed by atoms with Gasteiger partial charge in [0, 0.05) is 0 Å². The fourth-order valence-corrected chi connectivity index (χ4v) is 3.93. The third-order valence-electron chi connectivity index (χ3n) is 3.93. The number of hydrogen-bond acceptors (Lipinski definition) is 1. The predicted octanol–water partition coefficient (Wildman–Crippen LogP) is 2.58. The first-order chi connectivity index (χ1) is 10.0. The van der Waals surface area contributed by atoms with E-state index in [0.717, 1.165) is 0 Å². The molecule has 0 aromatic heterocycles. The third-order valence-corrected chi connectivity index (χ3v) is 5.65. The maximum atomic E-state index is 9.06. The van der Waals surface area contributed by atoms with Crippen LogP contribution in [0.4, 0.5) is 0 Å². The summed E-state index contributed by atoms with van der Waals surface area (Å²) in [5, 5.41) is 11.9. The van der Waals surface area contributed by atoms with Crippen LogP contribution in [-0.4, -0.2) is 21.2 Å². The molecular weight excluding hydrogens is 272 g/mol. The minimum atomic E-state index is 0.0827. The number of hydrogen-bond donors (Lipinski definition) is 1. The van der Waals surface area contributed by atoms with E-state index in [-0.39, 0.29) is 6.61 Å². The quantitative estimate of drug-likeness (QED) is 0.859. The summed E-state index contributed by atoms with van der Waals surface area (Å²) in [7, 11) is 0.644. The molecule has 2 rings (SSSR count). The van der Waals surface area contributed by atoms with Gasteiger partial charge in [0.2, 0.25) is 0 Å². The fraction of sp³-hybridized carbons (Fsp3) is 0.263. The molecule has 0 bridgehead atoms. The summed E-state index contributed by atoms with van der Waals surface area (Å²) in [4.78, 5) is 0. The van der Waals surface area contributed by atoms with Crippen LogP contribution in [0, 0.1) is 27.7 Å². The molecule has 1 nitrogen and oxygen atoms in total. The lowest BCUT2D eigenvalue weighted by atomic mass is 10.0. The van der Waals surface area contributed by atoms with E-state index in [1.165, 1.54) is 38.2 Å². The van der Waals surface area contributed by atoms with Crippen LogP contribution >= 0.6 is 0 Å². The van der Waals surface area contributed by atoms with Gasteiger partial charge >= 0.3 is 0 Å². The van der Waals surface area contributed by atoms with Gasteiger partial charge in [0.15, 0.2) is 0 Å². The highest BCUT2D eigenvalue weighted by Crippen LogP contribution is 2.11. The Bertz CT molecular complexity index is 672. The minimum absolute atomic E-state index is 0.0827. The van der Waals surface area contributed by atoms with Crippen LogP contribution in [0.1, 0.15) is 27.8 Å². The van der Waals surface area contributed by atoms with E-state index < -0.39 is 0 Å². The number of aliphatic hydroxyl groups excluding tert-OH is 1. The van der Waals surface area contributed by atoms with Crippen molar-refractivity contribution in [1.82, 2.24) is 0 Å². The molecule has 0 unspecified atom stereocenters. The van der Waals surface area contributed by atoms with Crippen LogP contribution in [-0.2, 0) is 0 Å². The Labute approximate surface area is 130 Å². The molecule has 108 valence electrons. The molecule has 0 aliphatic carbocycles. The van der Waals surface area contributed by atoms with Gasteiger partial charge in [-0.2, -0.15) is 0 Å². The van der Waals surface area contributed by atoms with Crippen molar-refractivity contribution in [3.8, 4) is 0 Å². The molecule has 0 saturated heterocycles. The van der Waals surface area contributed by atoms with Gasteiger partial charge in [-0.3, -0.25) is 0 Å². The van der Waals surface area contributed by atoms with Crippen molar-refractivity contribution >= 4 is 26.0 Å². The van der Waals surface area contributed by atoms with Crippen molar-refractivity contribution in [3.63, 3.8) is 0 Å². The van der Waals surface area contributed by atoms with Crippen molar-refractivity contribution in [2.75, 3.05) is 6.61 Å². The topological polar surface area (TPSA) is 20.2 Å². The lowest BCUT2D eigenvalue weighted by Gasteiger charge is -2.14. The van der Waals surface area contributed by atoms with E-state index in [1.54, 1.807) is 0 Å². The second kappa shape index (κ2) is 6.88. The average Bonchev–Trinajstić information content (AvgIpc) is 2.47. The van der Waals surface area contributed by atoms with Crippen LogP contribution in [0.5, 0.6) is 0 Å². The molecule has 2 aromatic rings. The number of rotatable bonds is 4. The normalized spacial score (nSPS) is 11.3. The van der Waals surface area contributed by atoms with Gasteiger partial charge in [-0.1, -0.05) is 53.2 Å². The van der Waals surface area contributed by atoms with Gasteiger partial charge in [0.1, 0.15) is 9.52 Å². The first-order valence-corrected chi connectivity index (χ1v) is 8.25. The number of benzene rings is 2. The van der Waals surface area contributed by atoms with E-state index in [2.05, 4.69) is 64.1 Å². The van der Waals surface area contributed by atoms with Gasteiger partial charge < -0.3 is 5.11 Å². The molecule has 21 heavy (non-hydrogen) atoms. The molecule has 1 N–H and O–H groups in total. The van der Waals surface area contributed by atoms with E-state index >= 15 is 0 Å². The van der Waals surface area contributed by atoms with Crippen LogP contribution in [0.15, 0.2) is 36.4 Å². The summed E-state index contributed by atoms with van der Waals surface area (Å²) in [6.07, 6.45) is 3.87. The highest BCUT2D eigenvalue weighted by molar-refractivity contribution is 6.69. The second-order valence-electron chi connectivity index (χ2n) is 5.45. The monoisotopic (exact) mass is 294 g/mol. The summed E-state index contributed by atoms with van der Waals surface area (Å²) in [6, 6.07) is 10.9. The average molecular weight is 294 g/mol. The smallest absolute Gasteiger partial charge is 0.123 e. The maximum absolute atomic E-state index is 9.06. The lowest BCUT2D eigenvalue weighted by Crippen LogP contribution is -2.33. The summed E-state index contributed by atoms with van der Waals surface area (Å²) in [6.45, 7) is 8.75. The Morgan fingerprint density at radius 1 is 0.952 bits per heavy atom. The number of aliphatic hydroxyl groups is 1. The van der Waals surface area contributed by atoms with Gasteiger partial charge in [0.05, 0.1) is 6.61 Å². The van der Waals surface area contributed by atoms with Crippen molar-refractivity contribution < 1.29 is 5.11 Å². The Hall–Kier alpha value is -1.64. The van der Waals surface area contributed by atoms with Gasteiger partial charge in [0.25, 0.3) is 0 Å². The molecule has 0 aliphatic rings. The van der Waals surface area contributed by atoms with Gasteiger partial charge in [-0.15, -0.1) is 0 Å². The van der Waals surface area contributed by atoms with Crippen molar-refractivity contribution in [2.45, 2.75) is 27.7 Å². The van der Waals surface area contributed by atoms with Crippen LogP contribution in [0.3, 0.4) is 0 Å². The molecule has 2 heteroatoms. The molecule has 0 amide bonds. The Morgan fingerprint density at radius 2 is 1.67 bits per heavy atom. The molecule has 0 atom stereocenters. The van der Waals surface area contributed by atoms with Crippen LogP contribution in [0.25, 0.3) is 6.08 Å². The Morgan fingerprint density at radius 3 is 2.38 bits per heavy atom. The van der Waals surface area contributed by atoms with E-state index in [1.807, 2.05) is 6.08 Å². The second-order valence-corrected chi connectivity index (χ2v) is 6.73. The Kier molecular flexibility index (Phi) is 5.15. The van der Waals surface area contributed by atoms with Crippen molar-refractivity contribution in [1.29, 1.82) is 0 Å². The van der Waals surface area contributed by atoms with Crippen LogP contribution in [0.2, 0.25) is 0 Å². The first kappa shape index (κ1) is 15.7. The Balaban J connectivity index is 2.50. The summed E-state index contributed by atoms with van der Waals surface area (Å²) < 4.78 is 0. The largest absolute Gasteiger partial charge is 0.392 e. The zero-order valence-electron chi connectivity index (χ0n) is 13.2. The zero-order valence-corrected chi connectivity index (χ0v) is 14.2. The third kappa shape index (κ3) is 3.52. The van der Waals surface area contributed by atoms with Crippen LogP contribution < -0.4 is 10.4 Å². The van der Waals surface area contributed by atoms with E-state index in [0.29, 0.717) is 9.52 Å². The lowest BCUT2D eigenvalue weighted by molar-refractivity contribution is 0.343. The summed E-state index contributed by atoms with van der Waals surface area (Å²) >= 11 is 0. The molecule has 0 heterocycles. The molecule has 2 radical (unpaired) electrons. The standard InChI is InChI=1S/C19H22OSi/c1-13-7-5-9-18(16(13)4)21-19-15(3)11-10-14(2)17(19)8-6-12-20/h5-11,20H,12H2,1-4H3. The predicted molar refractivity (Wildman–Crippen MR) is 93.0 cm³/mol. The first-order valence-electron chi connectivity index (χ1n) is 7.25. The highest BCUT2D eigenvalue weighted by atomic mass is 28.2. The fourth-order valence-electron chi connectivity index (χ4n) is 2.41. The SMILES string of the molecule is Cc1cccc([Si]c2c(C)ccc(C)c2C=CCO)c1C. The van der Waals surface area contributed by atoms with Crippen molar-refractivity contribution in [2.24, 2.45) is 0 Å². The van der Waals surface area contributed by atoms with Gasteiger partial charge in [-0.25, -0.2) is 0 Å². The molecular formula is C19H22OSi. The highest BCUT2D eigenvalue weighted by Gasteiger charge is 2.11. The maximum Gasteiger partial charge on any atom is 0.123 e. The minimum Gasteiger partial charge on any atom is -0.392 e. The molecule has 0 aliphatic heterocycles. The van der Waals surface area contributed by atoms with Gasteiger partial charge in [-0.05, 0) is 55.1 Å². The molecule has 0 fully saturated rings. The zero-order chi connectivity index (χ0) is 15.4. The number of aryl methyl sites for hydroxylation is 3. The summed E-state index contributed by atoms with van der Waals surface area (Å²) in [5.74, 6) is 0. The van der Waals surface area contributed by atoms with Crippen molar-refractivity contribution in [3.05, 3.63) is 64.2 Å². The van der Waals surface area contributed by atoms with E-state index in [9.17, 15) is 0 Å². The molecule has 0 saturated carbocycles. The summed E-state index contributed by atoms with van der Waals surface area (Å²) in [5.41, 5.74) is 6.56. The van der Waals surface area contributed by atoms with E-state index in [4.69, 9.17) is 5.11 Å². The molecule has 0 spiro atoms. The molecule has 2 aromatic carbocycles.